The number of rotatable bonds is 5. The van der Waals surface area contributed by atoms with Crippen LogP contribution in [0.1, 0.15) is 24.3 Å². The van der Waals surface area contributed by atoms with Crippen LogP contribution in [0.5, 0.6) is 0 Å². The monoisotopic (exact) mass is 376 g/mol. The van der Waals surface area contributed by atoms with Crippen molar-refractivity contribution in [1.82, 2.24) is 15.0 Å². The highest BCUT2D eigenvalue weighted by molar-refractivity contribution is 5.92. The van der Waals surface area contributed by atoms with E-state index in [1.54, 1.807) is 0 Å². The molecule has 6 nitrogen and oxygen atoms in total. The molecule has 1 atom stereocenters. The van der Waals surface area contributed by atoms with Crippen molar-refractivity contribution in [3.63, 3.8) is 0 Å². The van der Waals surface area contributed by atoms with Gasteiger partial charge in [-0.2, -0.15) is 4.98 Å². The van der Waals surface area contributed by atoms with Gasteiger partial charge in [-0.25, -0.2) is 0 Å². The van der Waals surface area contributed by atoms with E-state index in [1.807, 2.05) is 61.5 Å². The van der Waals surface area contributed by atoms with E-state index >= 15 is 0 Å². The molecule has 1 aromatic heterocycles. The van der Waals surface area contributed by atoms with E-state index in [9.17, 15) is 4.79 Å². The molecule has 1 saturated heterocycles. The van der Waals surface area contributed by atoms with Gasteiger partial charge in [0, 0.05) is 17.8 Å². The predicted octanol–water partition coefficient (Wildman–Crippen LogP) is 3.90. The molecule has 1 fully saturated rings. The summed E-state index contributed by atoms with van der Waals surface area (Å²) in [6.07, 6.45) is 1.87. The number of carbonyl (C=O) groups is 1. The fourth-order valence-corrected chi connectivity index (χ4v) is 3.62. The van der Waals surface area contributed by atoms with Crippen molar-refractivity contribution in [2.45, 2.75) is 26.3 Å². The van der Waals surface area contributed by atoms with Gasteiger partial charge in [0.05, 0.1) is 12.5 Å². The maximum Gasteiger partial charge on any atom is 0.241 e. The Bertz CT molecular complexity index is 938. The summed E-state index contributed by atoms with van der Waals surface area (Å²) >= 11 is 0. The molecule has 0 unspecified atom stereocenters. The van der Waals surface area contributed by atoms with Crippen molar-refractivity contribution in [3.05, 3.63) is 66.1 Å². The number of nitrogens with zero attached hydrogens (tertiary/aromatic N) is 3. The van der Waals surface area contributed by atoms with Crippen molar-refractivity contribution in [3.8, 4) is 11.4 Å². The Labute approximate surface area is 164 Å². The number of benzene rings is 2. The number of hydrogen-bond acceptors (Lipinski definition) is 5. The fourth-order valence-electron chi connectivity index (χ4n) is 3.62. The van der Waals surface area contributed by atoms with Crippen LogP contribution >= 0.6 is 0 Å². The highest BCUT2D eigenvalue weighted by atomic mass is 16.5. The van der Waals surface area contributed by atoms with Crippen LogP contribution in [0.15, 0.2) is 59.1 Å². The first-order chi connectivity index (χ1) is 13.7. The average Bonchev–Trinajstić information content (AvgIpc) is 3.17. The van der Waals surface area contributed by atoms with E-state index in [-0.39, 0.29) is 11.8 Å². The number of anilines is 1. The average molecular weight is 376 g/mol. The molecule has 0 aliphatic carbocycles. The molecule has 1 N–H and O–H groups in total. The minimum atomic E-state index is -0.0345. The molecule has 0 radical (unpaired) electrons. The SMILES string of the molecule is Cc1ccccc1-c1noc(CN2CCC[C@@H](C(=O)Nc3ccccc3)C2)n1. The lowest BCUT2D eigenvalue weighted by atomic mass is 9.97. The molecule has 28 heavy (non-hydrogen) atoms. The molecule has 1 aliphatic rings. The molecule has 2 aromatic carbocycles. The molecule has 3 aromatic rings. The second kappa shape index (κ2) is 8.35. The Morgan fingerprint density at radius 3 is 2.79 bits per heavy atom. The Kier molecular flexibility index (Phi) is 5.48. The fraction of sp³-hybridized carbons (Fsp3) is 0.318. The summed E-state index contributed by atoms with van der Waals surface area (Å²) in [7, 11) is 0. The number of likely N-dealkylation sites (tertiary alicyclic amines) is 1. The van der Waals surface area contributed by atoms with Crippen LogP contribution in [0.3, 0.4) is 0 Å². The summed E-state index contributed by atoms with van der Waals surface area (Å²) < 4.78 is 5.46. The number of carbonyl (C=O) groups excluding carboxylic acids is 1. The zero-order valence-electron chi connectivity index (χ0n) is 16.0. The predicted molar refractivity (Wildman–Crippen MR) is 108 cm³/mol. The number of amides is 1. The first-order valence-corrected chi connectivity index (χ1v) is 9.66. The van der Waals surface area contributed by atoms with E-state index in [0.717, 1.165) is 36.2 Å². The topological polar surface area (TPSA) is 71.3 Å². The van der Waals surface area contributed by atoms with Gasteiger partial charge in [0.2, 0.25) is 17.6 Å². The van der Waals surface area contributed by atoms with E-state index in [4.69, 9.17) is 4.52 Å². The van der Waals surface area contributed by atoms with Gasteiger partial charge in [0.1, 0.15) is 0 Å². The normalized spacial score (nSPS) is 17.4. The van der Waals surface area contributed by atoms with Crippen molar-refractivity contribution < 1.29 is 9.32 Å². The summed E-state index contributed by atoms with van der Waals surface area (Å²) in [6.45, 7) is 4.22. The second-order valence-electron chi connectivity index (χ2n) is 7.26. The third-order valence-electron chi connectivity index (χ3n) is 5.13. The van der Waals surface area contributed by atoms with Crippen LogP contribution in [-0.4, -0.2) is 34.0 Å². The minimum Gasteiger partial charge on any atom is -0.338 e. The number of para-hydroxylation sites is 1. The number of aromatic nitrogens is 2. The summed E-state index contributed by atoms with van der Waals surface area (Å²) in [5, 5.41) is 7.14. The van der Waals surface area contributed by atoms with Gasteiger partial charge in [-0.05, 0) is 44.0 Å². The number of aryl methyl sites for hydroxylation is 1. The van der Waals surface area contributed by atoms with E-state index < -0.39 is 0 Å². The molecule has 1 amide bonds. The lowest BCUT2D eigenvalue weighted by Crippen LogP contribution is -2.40. The van der Waals surface area contributed by atoms with Crippen LogP contribution in [0.4, 0.5) is 5.69 Å². The number of piperidine rings is 1. The number of hydrogen-bond donors (Lipinski definition) is 1. The molecule has 2 heterocycles. The Morgan fingerprint density at radius 2 is 1.96 bits per heavy atom. The zero-order valence-corrected chi connectivity index (χ0v) is 16.0. The third-order valence-corrected chi connectivity index (χ3v) is 5.13. The highest BCUT2D eigenvalue weighted by Gasteiger charge is 2.27. The zero-order chi connectivity index (χ0) is 19.3. The van der Waals surface area contributed by atoms with Crippen LogP contribution < -0.4 is 5.32 Å². The Balaban J connectivity index is 1.38. The molecule has 1 aliphatic heterocycles. The molecular weight excluding hydrogens is 352 g/mol. The molecule has 144 valence electrons. The lowest BCUT2D eigenvalue weighted by Gasteiger charge is -2.30. The maximum absolute atomic E-state index is 12.6. The standard InChI is InChI=1S/C22H24N4O2/c1-16-8-5-6-12-19(16)21-24-20(28-25-21)15-26-13-7-9-17(14-26)22(27)23-18-10-3-2-4-11-18/h2-6,8,10-12,17H,7,9,13-15H2,1H3,(H,23,27)/t17-/m1/s1. The molecule has 0 bridgehead atoms. The minimum absolute atomic E-state index is 0.0345. The summed E-state index contributed by atoms with van der Waals surface area (Å²) in [5.41, 5.74) is 2.94. The van der Waals surface area contributed by atoms with E-state index in [2.05, 4.69) is 20.4 Å². The summed E-state index contributed by atoms with van der Waals surface area (Å²) in [5.74, 6) is 1.24. The maximum atomic E-state index is 12.6. The Morgan fingerprint density at radius 1 is 1.18 bits per heavy atom. The van der Waals surface area contributed by atoms with E-state index in [0.29, 0.717) is 24.8 Å². The van der Waals surface area contributed by atoms with Gasteiger partial charge in [-0.3, -0.25) is 9.69 Å². The van der Waals surface area contributed by atoms with Crippen LogP contribution in [0.2, 0.25) is 0 Å². The van der Waals surface area contributed by atoms with Gasteiger partial charge in [0.25, 0.3) is 0 Å². The smallest absolute Gasteiger partial charge is 0.241 e. The van der Waals surface area contributed by atoms with Crippen molar-refractivity contribution >= 4 is 11.6 Å². The molecule has 4 rings (SSSR count). The molecule has 6 heteroatoms. The van der Waals surface area contributed by atoms with Gasteiger partial charge in [0.15, 0.2) is 0 Å². The summed E-state index contributed by atoms with van der Waals surface area (Å²) in [6, 6.07) is 17.6. The Hall–Kier alpha value is -2.99. The van der Waals surface area contributed by atoms with Gasteiger partial charge < -0.3 is 9.84 Å². The van der Waals surface area contributed by atoms with Gasteiger partial charge >= 0.3 is 0 Å². The van der Waals surface area contributed by atoms with Gasteiger partial charge in [-0.15, -0.1) is 0 Å². The van der Waals surface area contributed by atoms with Crippen molar-refractivity contribution in [2.75, 3.05) is 18.4 Å². The second-order valence-corrected chi connectivity index (χ2v) is 7.26. The van der Waals surface area contributed by atoms with Gasteiger partial charge in [-0.1, -0.05) is 47.6 Å². The van der Waals surface area contributed by atoms with E-state index in [1.165, 1.54) is 0 Å². The highest BCUT2D eigenvalue weighted by Crippen LogP contribution is 2.23. The van der Waals surface area contributed by atoms with Crippen molar-refractivity contribution in [2.24, 2.45) is 5.92 Å². The van der Waals surface area contributed by atoms with Crippen LogP contribution in [0.25, 0.3) is 11.4 Å². The van der Waals surface area contributed by atoms with Crippen LogP contribution in [0, 0.1) is 12.8 Å². The molecular formula is C22H24N4O2. The molecule has 0 spiro atoms. The first kappa shape index (κ1) is 18.4. The molecule has 0 saturated carbocycles. The largest absolute Gasteiger partial charge is 0.338 e. The lowest BCUT2D eigenvalue weighted by molar-refractivity contribution is -0.121. The first-order valence-electron chi connectivity index (χ1n) is 9.66. The van der Waals surface area contributed by atoms with Crippen LogP contribution in [-0.2, 0) is 11.3 Å². The van der Waals surface area contributed by atoms with Crippen molar-refractivity contribution in [1.29, 1.82) is 0 Å². The third kappa shape index (κ3) is 4.28. The quantitative estimate of drug-likeness (QED) is 0.731. The summed E-state index contributed by atoms with van der Waals surface area (Å²) in [4.78, 5) is 19.4. The number of nitrogens with one attached hydrogen (secondary N) is 1.